The number of para-hydroxylation sites is 5. The Kier molecular flexibility index (Phi) is 12.5. The summed E-state index contributed by atoms with van der Waals surface area (Å²) in [6.45, 7) is 13.9. The van der Waals surface area contributed by atoms with E-state index in [0.717, 1.165) is 107 Å². The summed E-state index contributed by atoms with van der Waals surface area (Å²) in [5.41, 5.74) is 29.3. The molecule has 5 heteroatoms. The van der Waals surface area contributed by atoms with E-state index < -0.39 is 0 Å². The van der Waals surface area contributed by atoms with Crippen LogP contribution in [0, 0.1) is 0 Å². The first-order valence-electron chi connectivity index (χ1n) is 31.9. The van der Waals surface area contributed by atoms with Crippen LogP contribution in [0.15, 0.2) is 291 Å². The van der Waals surface area contributed by atoms with Crippen molar-refractivity contribution in [1.82, 2.24) is 4.57 Å². The van der Waals surface area contributed by atoms with Crippen LogP contribution in [0.1, 0.15) is 52.7 Å². The summed E-state index contributed by atoms with van der Waals surface area (Å²) >= 11 is 0. The molecule has 0 saturated heterocycles. The molecule has 91 heavy (non-hydrogen) atoms. The molecule has 0 bridgehead atoms. The molecule has 17 rings (SSSR count). The molecule has 0 unspecified atom stereocenters. The van der Waals surface area contributed by atoms with E-state index in [-0.39, 0.29) is 17.5 Å². The van der Waals surface area contributed by atoms with Gasteiger partial charge >= 0.3 is 0 Å². The fraction of sp³-hybridized carbons (Fsp3) is 0.0930. The van der Waals surface area contributed by atoms with Crippen molar-refractivity contribution in [3.8, 4) is 83.9 Å². The third-order valence-electron chi connectivity index (χ3n) is 19.2. The van der Waals surface area contributed by atoms with Gasteiger partial charge < -0.3 is 19.1 Å². The van der Waals surface area contributed by atoms with Crippen molar-refractivity contribution in [2.75, 3.05) is 9.80 Å². The van der Waals surface area contributed by atoms with Gasteiger partial charge in [0.2, 0.25) is 0 Å². The molecule has 0 amide bonds. The highest BCUT2D eigenvalue weighted by Gasteiger charge is 2.47. The van der Waals surface area contributed by atoms with Crippen LogP contribution in [0.3, 0.4) is 0 Å². The van der Waals surface area contributed by atoms with E-state index >= 15 is 0 Å². The number of rotatable bonds is 6. The highest BCUT2D eigenvalue weighted by atomic mass is 16.5. The maximum absolute atomic E-state index is 7.39. The Morgan fingerprint density at radius 2 is 0.747 bits per heavy atom. The zero-order chi connectivity index (χ0) is 61.3. The first-order valence-corrected chi connectivity index (χ1v) is 31.9. The predicted octanol–water partition coefficient (Wildman–Crippen LogP) is 21.6. The second-order valence-electron chi connectivity index (χ2n) is 26.8. The zero-order valence-corrected chi connectivity index (χ0v) is 52.0. The van der Waals surface area contributed by atoms with Gasteiger partial charge in [-0.2, -0.15) is 0 Å². The number of hydrogen-bond acceptors (Lipinski definition) is 3. The lowest BCUT2D eigenvalue weighted by molar-refractivity contribution is 0.486. The summed E-state index contributed by atoms with van der Waals surface area (Å²) in [5, 5.41) is 2.45. The Labute approximate surface area is 533 Å². The SMILES string of the molecule is CC(C)(C)c1cc(-c2ccccc2)c(N2c3cc(-n4c5ccccc5c5ccccc54)ccc3B3c4cc(-c5ccccc5)cc5c4N(c4cc(C(C)(C)C)cc2c43)c2c(-c3ccccc3)cccc2-c2ccccc2Oc2ccccc2-5)c(-c2ccccc2)c1. The molecule has 0 fully saturated rings. The number of benzene rings is 13. The van der Waals surface area contributed by atoms with Gasteiger partial charge in [0.05, 0.1) is 22.4 Å². The van der Waals surface area contributed by atoms with Gasteiger partial charge in [0.15, 0.2) is 0 Å². The fourth-order valence-corrected chi connectivity index (χ4v) is 14.9. The molecular weight excluding hydrogens is 1100 g/mol. The molecule has 0 atom stereocenters. The number of aromatic nitrogens is 1. The van der Waals surface area contributed by atoms with Crippen LogP contribution in [0.5, 0.6) is 11.5 Å². The standard InChI is InChI=1S/C86H66BN3O/c1-85(2,3)60-50-69(57-32-15-9-16-33-57)83(70(51-60)58-34-17-10-18-35-58)89-76-54-62(88-74-42-23-19-36-64(74)65-37-20-24-43-75(65)88)46-47-72(76)87-73-49-59(55-28-11-7-12-29-55)48-71-67-39-22-26-45-80(67)91-79-44-25-21-38-66(79)68-41-27-40-63(56-30-13-8-14-31-56)82(68)90(84(71)73)78-53-61(86(4,5)6)52-77(89)81(78)87/h7-54H,1-6H3. The quantitative estimate of drug-likeness (QED) is 0.155. The van der Waals surface area contributed by atoms with E-state index in [1.54, 1.807) is 0 Å². The number of fused-ring (bicyclic) bond motifs is 13. The Hall–Kier alpha value is -10.9. The van der Waals surface area contributed by atoms with Gasteiger partial charge in [-0.15, -0.1) is 0 Å². The second-order valence-corrected chi connectivity index (χ2v) is 26.8. The highest BCUT2D eigenvalue weighted by molar-refractivity contribution is 7.00. The molecule has 0 radical (unpaired) electrons. The Morgan fingerprint density at radius 3 is 1.32 bits per heavy atom. The Balaban J connectivity index is 1.10. The summed E-state index contributed by atoms with van der Waals surface area (Å²) in [4.78, 5) is 5.42. The monoisotopic (exact) mass is 1170 g/mol. The molecule has 0 N–H and O–H groups in total. The van der Waals surface area contributed by atoms with E-state index in [9.17, 15) is 0 Å². The molecule has 0 spiro atoms. The lowest BCUT2D eigenvalue weighted by atomic mass is 9.33. The normalized spacial score (nSPS) is 13.0. The lowest BCUT2D eigenvalue weighted by Crippen LogP contribution is -2.61. The minimum absolute atomic E-state index is 0.182. The molecule has 4 heterocycles. The van der Waals surface area contributed by atoms with Gasteiger partial charge in [0.1, 0.15) is 11.5 Å². The van der Waals surface area contributed by atoms with Crippen molar-refractivity contribution in [1.29, 1.82) is 0 Å². The van der Waals surface area contributed by atoms with Gasteiger partial charge in [-0.1, -0.05) is 266 Å². The van der Waals surface area contributed by atoms with Crippen LogP contribution in [0.2, 0.25) is 0 Å². The van der Waals surface area contributed by atoms with Gasteiger partial charge in [0.25, 0.3) is 6.71 Å². The van der Waals surface area contributed by atoms with Crippen molar-refractivity contribution in [3.63, 3.8) is 0 Å². The van der Waals surface area contributed by atoms with Crippen molar-refractivity contribution >= 4 is 79.0 Å². The van der Waals surface area contributed by atoms with E-state index in [1.807, 2.05) is 0 Å². The first kappa shape index (κ1) is 54.3. The minimum atomic E-state index is -0.315. The third kappa shape index (κ3) is 8.73. The number of hydrogen-bond donors (Lipinski definition) is 0. The van der Waals surface area contributed by atoms with Gasteiger partial charge in [-0.3, -0.25) is 0 Å². The van der Waals surface area contributed by atoms with Crippen LogP contribution in [0.4, 0.5) is 34.1 Å². The molecule has 0 aliphatic carbocycles. The smallest absolute Gasteiger partial charge is 0.252 e. The molecule has 434 valence electrons. The number of ether oxygens (including phenoxy) is 1. The average Bonchev–Trinajstić information content (AvgIpc) is 1.03. The van der Waals surface area contributed by atoms with Gasteiger partial charge in [-0.05, 0) is 133 Å². The minimum Gasteiger partial charge on any atom is -0.456 e. The molecule has 13 aromatic carbocycles. The third-order valence-corrected chi connectivity index (χ3v) is 19.2. The van der Waals surface area contributed by atoms with E-state index in [2.05, 4.69) is 347 Å². The van der Waals surface area contributed by atoms with Crippen molar-refractivity contribution < 1.29 is 4.74 Å². The predicted molar refractivity (Wildman–Crippen MR) is 385 cm³/mol. The summed E-state index contributed by atoms with van der Waals surface area (Å²) in [7, 11) is 0. The second kappa shape index (κ2) is 20.9. The lowest BCUT2D eigenvalue weighted by Gasteiger charge is -2.47. The molecular formula is C86H66BN3O. The largest absolute Gasteiger partial charge is 0.456 e. The van der Waals surface area contributed by atoms with Crippen LogP contribution >= 0.6 is 0 Å². The van der Waals surface area contributed by atoms with Gasteiger partial charge in [0, 0.05) is 78.2 Å². The molecule has 1 aromatic heterocycles. The molecule has 3 aliphatic rings. The van der Waals surface area contributed by atoms with Crippen LogP contribution in [0.25, 0.3) is 94.3 Å². The maximum Gasteiger partial charge on any atom is 0.252 e. The molecule has 4 nitrogen and oxygen atoms in total. The van der Waals surface area contributed by atoms with E-state index in [1.165, 1.54) is 60.4 Å². The summed E-state index contributed by atoms with van der Waals surface area (Å²) in [6.07, 6.45) is 0. The van der Waals surface area contributed by atoms with Crippen LogP contribution in [-0.4, -0.2) is 11.3 Å². The average molecular weight is 1170 g/mol. The molecule has 0 saturated carbocycles. The summed E-state index contributed by atoms with van der Waals surface area (Å²) in [5.74, 6) is 1.59. The Bertz CT molecular complexity index is 5120. The maximum atomic E-state index is 7.39. The first-order chi connectivity index (χ1) is 44.4. The fourth-order valence-electron chi connectivity index (χ4n) is 14.9. The van der Waals surface area contributed by atoms with E-state index in [0.29, 0.717) is 0 Å². The van der Waals surface area contributed by atoms with E-state index in [4.69, 9.17) is 4.74 Å². The highest BCUT2D eigenvalue weighted by Crippen LogP contribution is 2.58. The van der Waals surface area contributed by atoms with Crippen molar-refractivity contribution in [2.24, 2.45) is 0 Å². The van der Waals surface area contributed by atoms with Crippen molar-refractivity contribution in [2.45, 2.75) is 52.4 Å². The zero-order valence-electron chi connectivity index (χ0n) is 52.0. The van der Waals surface area contributed by atoms with Gasteiger partial charge in [-0.25, -0.2) is 0 Å². The number of anilines is 6. The molecule has 14 aromatic rings. The Morgan fingerprint density at radius 1 is 0.297 bits per heavy atom. The van der Waals surface area contributed by atoms with Crippen molar-refractivity contribution in [3.05, 3.63) is 302 Å². The topological polar surface area (TPSA) is 20.6 Å². The molecule has 3 aliphatic heterocycles. The number of nitrogens with zero attached hydrogens (tertiary/aromatic N) is 3. The summed E-state index contributed by atoms with van der Waals surface area (Å²) < 4.78 is 9.88. The van der Waals surface area contributed by atoms with Crippen LogP contribution < -0.4 is 30.9 Å². The van der Waals surface area contributed by atoms with Crippen LogP contribution in [-0.2, 0) is 10.8 Å². The summed E-state index contributed by atoms with van der Waals surface area (Å²) in [6, 6.07) is 109.